The third kappa shape index (κ3) is 2.44. The molecule has 1 saturated carbocycles. The van der Waals surface area contributed by atoms with E-state index in [0.29, 0.717) is 12.6 Å². The summed E-state index contributed by atoms with van der Waals surface area (Å²) in [5, 5.41) is 0. The van der Waals surface area contributed by atoms with Crippen molar-refractivity contribution in [1.82, 2.24) is 9.47 Å². The highest BCUT2D eigenvalue weighted by molar-refractivity contribution is 5.93. The number of aromatic nitrogens is 1. The maximum absolute atomic E-state index is 12.6. The molecular weight excluding hydrogens is 256 g/mol. The molecule has 1 aromatic rings. The number of likely N-dealkylation sites (tertiary alicyclic amines) is 1. The summed E-state index contributed by atoms with van der Waals surface area (Å²) >= 11 is 0. The molecule has 2 heterocycles. The number of carbonyl (C=O) groups is 2. The van der Waals surface area contributed by atoms with Crippen LogP contribution in [-0.2, 0) is 9.53 Å². The molecule has 2 aliphatic rings. The molecule has 1 aromatic heterocycles. The van der Waals surface area contributed by atoms with Gasteiger partial charge in [0.05, 0.1) is 13.0 Å². The van der Waals surface area contributed by atoms with Crippen molar-refractivity contribution < 1.29 is 14.3 Å². The smallest absolute Gasteiger partial charge is 0.310 e. The zero-order chi connectivity index (χ0) is 14.1. The number of methoxy groups -OCH3 is 1. The third-order valence-corrected chi connectivity index (χ3v) is 4.18. The normalized spacial score (nSPS) is 22.6. The molecule has 5 heteroatoms. The van der Waals surface area contributed by atoms with Gasteiger partial charge in [-0.15, -0.1) is 0 Å². The lowest BCUT2D eigenvalue weighted by atomic mass is 9.98. The molecule has 0 aromatic carbocycles. The van der Waals surface area contributed by atoms with Gasteiger partial charge in [0.25, 0.3) is 5.91 Å². The van der Waals surface area contributed by atoms with Gasteiger partial charge >= 0.3 is 5.97 Å². The third-order valence-electron chi connectivity index (χ3n) is 4.18. The maximum Gasteiger partial charge on any atom is 0.310 e. The first-order chi connectivity index (χ1) is 9.70. The summed E-state index contributed by atoms with van der Waals surface area (Å²) < 4.78 is 6.87. The van der Waals surface area contributed by atoms with Gasteiger partial charge in [0.1, 0.15) is 5.69 Å². The maximum atomic E-state index is 12.6. The van der Waals surface area contributed by atoms with E-state index in [1.54, 1.807) is 4.90 Å². The summed E-state index contributed by atoms with van der Waals surface area (Å²) in [7, 11) is 1.40. The van der Waals surface area contributed by atoms with Crippen LogP contribution >= 0.6 is 0 Å². The molecule has 1 unspecified atom stereocenters. The predicted octanol–water partition coefficient (Wildman–Crippen LogP) is 1.85. The fourth-order valence-electron chi connectivity index (χ4n) is 2.93. The summed E-state index contributed by atoms with van der Waals surface area (Å²) in [5.74, 6) is -0.349. The zero-order valence-electron chi connectivity index (χ0n) is 11.7. The Morgan fingerprint density at radius 3 is 2.80 bits per heavy atom. The number of amides is 1. The standard InChI is InChI=1S/C15H20N2O3/c1-20-15(19)11-4-2-8-16(10-11)14(18)13-5-3-9-17(13)12-6-7-12/h3,5,9,11-12H,2,4,6-8,10H2,1H3. The van der Waals surface area contributed by atoms with Gasteiger partial charge in [-0.2, -0.15) is 0 Å². The van der Waals surface area contributed by atoms with Crippen LogP contribution in [0, 0.1) is 5.92 Å². The van der Waals surface area contributed by atoms with Crippen LogP contribution in [0.15, 0.2) is 18.3 Å². The number of hydrogen-bond acceptors (Lipinski definition) is 3. The van der Waals surface area contributed by atoms with E-state index >= 15 is 0 Å². The molecule has 1 aliphatic carbocycles. The first-order valence-corrected chi connectivity index (χ1v) is 7.24. The summed E-state index contributed by atoms with van der Waals surface area (Å²) in [6.07, 6.45) is 5.95. The monoisotopic (exact) mass is 276 g/mol. The average Bonchev–Trinajstić information content (AvgIpc) is 3.23. The van der Waals surface area contributed by atoms with E-state index in [4.69, 9.17) is 4.74 Å². The topological polar surface area (TPSA) is 51.5 Å². The van der Waals surface area contributed by atoms with E-state index in [9.17, 15) is 9.59 Å². The molecule has 108 valence electrons. The second-order valence-electron chi connectivity index (χ2n) is 5.65. The van der Waals surface area contributed by atoms with Crippen molar-refractivity contribution in [2.75, 3.05) is 20.2 Å². The predicted molar refractivity (Wildman–Crippen MR) is 73.3 cm³/mol. The molecular formula is C15H20N2O3. The van der Waals surface area contributed by atoms with Crippen LogP contribution in [0.25, 0.3) is 0 Å². The van der Waals surface area contributed by atoms with E-state index in [0.717, 1.165) is 37.9 Å². The van der Waals surface area contributed by atoms with E-state index in [2.05, 4.69) is 4.57 Å². The highest BCUT2D eigenvalue weighted by Gasteiger charge is 2.32. The van der Waals surface area contributed by atoms with Crippen molar-refractivity contribution >= 4 is 11.9 Å². The highest BCUT2D eigenvalue weighted by Crippen LogP contribution is 2.36. The fraction of sp³-hybridized carbons (Fsp3) is 0.600. The Bertz CT molecular complexity index is 519. The number of carbonyl (C=O) groups excluding carboxylic acids is 2. The van der Waals surface area contributed by atoms with Gasteiger partial charge in [-0.05, 0) is 37.8 Å². The summed E-state index contributed by atoms with van der Waals surface area (Å²) in [6, 6.07) is 4.29. The molecule has 0 N–H and O–H groups in total. The Balaban J connectivity index is 1.73. The van der Waals surface area contributed by atoms with Crippen LogP contribution in [0.4, 0.5) is 0 Å². The zero-order valence-corrected chi connectivity index (χ0v) is 11.7. The van der Waals surface area contributed by atoms with E-state index in [1.165, 1.54) is 7.11 Å². The van der Waals surface area contributed by atoms with Gasteiger partial charge in [0.2, 0.25) is 0 Å². The minimum absolute atomic E-state index is 0.0375. The van der Waals surface area contributed by atoms with Crippen molar-refractivity contribution in [1.29, 1.82) is 0 Å². The summed E-state index contributed by atoms with van der Waals surface area (Å²) in [5.41, 5.74) is 0.748. The number of ether oxygens (including phenoxy) is 1. The highest BCUT2D eigenvalue weighted by atomic mass is 16.5. The van der Waals surface area contributed by atoms with Gasteiger partial charge in [0.15, 0.2) is 0 Å². The lowest BCUT2D eigenvalue weighted by Gasteiger charge is -2.31. The minimum atomic E-state index is -0.208. The summed E-state index contributed by atoms with van der Waals surface area (Å²) in [6.45, 7) is 1.20. The Labute approximate surface area is 118 Å². The van der Waals surface area contributed by atoms with Gasteiger partial charge in [-0.3, -0.25) is 9.59 Å². The van der Waals surface area contributed by atoms with E-state index < -0.39 is 0 Å². The Morgan fingerprint density at radius 1 is 1.30 bits per heavy atom. The van der Waals surface area contributed by atoms with Crippen molar-refractivity contribution in [3.05, 3.63) is 24.0 Å². The molecule has 1 amide bonds. The van der Waals surface area contributed by atoms with Crippen LogP contribution in [0.2, 0.25) is 0 Å². The quantitative estimate of drug-likeness (QED) is 0.792. The van der Waals surface area contributed by atoms with E-state index in [1.807, 2.05) is 18.3 Å². The van der Waals surface area contributed by atoms with Crippen molar-refractivity contribution in [3.63, 3.8) is 0 Å². The van der Waals surface area contributed by atoms with Crippen molar-refractivity contribution in [2.45, 2.75) is 31.7 Å². The lowest BCUT2D eigenvalue weighted by Crippen LogP contribution is -2.43. The first-order valence-electron chi connectivity index (χ1n) is 7.24. The average molecular weight is 276 g/mol. The SMILES string of the molecule is COC(=O)C1CCCN(C(=O)c2cccn2C2CC2)C1. The molecule has 0 radical (unpaired) electrons. The molecule has 1 atom stereocenters. The van der Waals surface area contributed by atoms with Crippen molar-refractivity contribution in [3.8, 4) is 0 Å². The summed E-state index contributed by atoms with van der Waals surface area (Å²) in [4.78, 5) is 26.1. The van der Waals surface area contributed by atoms with Gasteiger partial charge in [0, 0.05) is 25.3 Å². The van der Waals surface area contributed by atoms with E-state index in [-0.39, 0.29) is 17.8 Å². The van der Waals surface area contributed by atoms with Gasteiger partial charge < -0.3 is 14.2 Å². The number of esters is 1. The van der Waals surface area contributed by atoms with Gasteiger partial charge in [-0.25, -0.2) is 0 Å². The molecule has 5 nitrogen and oxygen atoms in total. The molecule has 1 aliphatic heterocycles. The van der Waals surface area contributed by atoms with Crippen LogP contribution in [-0.4, -0.2) is 41.5 Å². The Hall–Kier alpha value is -1.78. The number of rotatable bonds is 3. The molecule has 20 heavy (non-hydrogen) atoms. The second kappa shape index (κ2) is 5.31. The van der Waals surface area contributed by atoms with Crippen LogP contribution < -0.4 is 0 Å². The molecule has 0 spiro atoms. The number of piperidine rings is 1. The first kappa shape index (κ1) is 13.2. The molecule has 3 rings (SSSR count). The Morgan fingerprint density at radius 2 is 2.10 bits per heavy atom. The number of hydrogen-bond donors (Lipinski definition) is 0. The van der Waals surface area contributed by atoms with Crippen molar-refractivity contribution in [2.24, 2.45) is 5.92 Å². The largest absolute Gasteiger partial charge is 0.469 e. The molecule has 2 fully saturated rings. The minimum Gasteiger partial charge on any atom is -0.469 e. The second-order valence-corrected chi connectivity index (χ2v) is 5.65. The number of nitrogens with zero attached hydrogens (tertiary/aromatic N) is 2. The molecule has 0 bridgehead atoms. The van der Waals surface area contributed by atoms with Crippen LogP contribution in [0.5, 0.6) is 0 Å². The molecule has 1 saturated heterocycles. The fourth-order valence-corrected chi connectivity index (χ4v) is 2.93. The van der Waals surface area contributed by atoms with Crippen LogP contribution in [0.1, 0.15) is 42.2 Å². The lowest BCUT2D eigenvalue weighted by molar-refractivity contribution is -0.146. The Kier molecular flexibility index (Phi) is 3.51. The van der Waals surface area contributed by atoms with Gasteiger partial charge in [-0.1, -0.05) is 0 Å². The van der Waals surface area contributed by atoms with Crippen LogP contribution in [0.3, 0.4) is 0 Å².